The molecule has 0 amide bonds. The van der Waals surface area contributed by atoms with Gasteiger partial charge in [-0.3, -0.25) is 4.79 Å². The number of benzene rings is 2. The number of ketones is 1. The zero-order valence-corrected chi connectivity index (χ0v) is 15.2. The number of imidazole rings is 1. The predicted octanol–water partition coefficient (Wildman–Crippen LogP) is 5.23. The lowest BCUT2D eigenvalue weighted by atomic mass is 9.97. The molecule has 3 aromatic rings. The average Bonchev–Trinajstić information content (AvgIpc) is 3.15. The molecule has 0 N–H and O–H groups in total. The SMILES string of the molecule is O=C(c1ccc(F)cc1)C(CCCc1ccc(Br)cc1)n1ccnc1. The first-order chi connectivity index (χ1) is 12.1. The Morgan fingerprint density at radius 2 is 1.84 bits per heavy atom. The van der Waals surface area contributed by atoms with Crippen molar-refractivity contribution >= 4 is 21.7 Å². The summed E-state index contributed by atoms with van der Waals surface area (Å²) in [6.07, 6.45) is 7.59. The van der Waals surface area contributed by atoms with Gasteiger partial charge in [-0.25, -0.2) is 9.37 Å². The molecule has 1 aromatic heterocycles. The monoisotopic (exact) mass is 400 g/mol. The Hall–Kier alpha value is -2.27. The van der Waals surface area contributed by atoms with Gasteiger partial charge in [-0.05, 0) is 61.2 Å². The Morgan fingerprint density at radius 1 is 1.12 bits per heavy atom. The molecule has 3 rings (SSSR count). The molecule has 0 saturated heterocycles. The molecular weight excluding hydrogens is 383 g/mol. The molecule has 3 nitrogen and oxygen atoms in total. The van der Waals surface area contributed by atoms with E-state index in [4.69, 9.17) is 0 Å². The van der Waals surface area contributed by atoms with Gasteiger partial charge in [-0.15, -0.1) is 0 Å². The zero-order chi connectivity index (χ0) is 17.6. The van der Waals surface area contributed by atoms with Gasteiger partial charge in [0.05, 0.1) is 12.4 Å². The normalized spacial score (nSPS) is 12.1. The lowest BCUT2D eigenvalue weighted by molar-refractivity contribution is 0.0917. The molecule has 0 aliphatic rings. The highest BCUT2D eigenvalue weighted by atomic mass is 79.9. The fourth-order valence-electron chi connectivity index (χ4n) is 2.83. The van der Waals surface area contributed by atoms with E-state index in [2.05, 4.69) is 33.0 Å². The maximum atomic E-state index is 13.1. The summed E-state index contributed by atoms with van der Waals surface area (Å²) in [4.78, 5) is 16.9. The maximum absolute atomic E-state index is 13.1. The fraction of sp³-hybridized carbons (Fsp3) is 0.200. The molecule has 5 heteroatoms. The summed E-state index contributed by atoms with van der Waals surface area (Å²) in [6, 6.07) is 13.6. The van der Waals surface area contributed by atoms with Crippen molar-refractivity contribution in [1.82, 2.24) is 9.55 Å². The van der Waals surface area contributed by atoms with E-state index >= 15 is 0 Å². The number of carbonyl (C=O) groups is 1. The molecule has 128 valence electrons. The number of aryl methyl sites for hydroxylation is 1. The largest absolute Gasteiger partial charge is 0.327 e. The number of rotatable bonds is 7. The fourth-order valence-corrected chi connectivity index (χ4v) is 3.09. The van der Waals surface area contributed by atoms with E-state index < -0.39 is 0 Å². The first kappa shape index (κ1) is 17.5. The lowest BCUT2D eigenvalue weighted by Gasteiger charge is -2.17. The van der Waals surface area contributed by atoms with E-state index in [-0.39, 0.29) is 17.6 Å². The molecule has 1 atom stereocenters. The van der Waals surface area contributed by atoms with Crippen molar-refractivity contribution in [3.05, 3.63) is 88.7 Å². The molecule has 0 spiro atoms. The quantitative estimate of drug-likeness (QED) is 0.508. The summed E-state index contributed by atoms with van der Waals surface area (Å²) < 4.78 is 16.0. The van der Waals surface area contributed by atoms with Crippen molar-refractivity contribution in [3.63, 3.8) is 0 Å². The lowest BCUT2D eigenvalue weighted by Crippen LogP contribution is -2.19. The maximum Gasteiger partial charge on any atom is 0.185 e. The van der Waals surface area contributed by atoms with Crippen LogP contribution in [0.15, 0.2) is 71.7 Å². The van der Waals surface area contributed by atoms with Gasteiger partial charge in [0, 0.05) is 22.4 Å². The van der Waals surface area contributed by atoms with Crippen LogP contribution < -0.4 is 0 Å². The summed E-state index contributed by atoms with van der Waals surface area (Å²) in [5.74, 6) is -0.361. The van der Waals surface area contributed by atoms with Gasteiger partial charge in [0.2, 0.25) is 0 Å². The highest BCUT2D eigenvalue weighted by molar-refractivity contribution is 9.10. The van der Waals surface area contributed by atoms with E-state index in [1.54, 1.807) is 18.7 Å². The molecule has 25 heavy (non-hydrogen) atoms. The van der Waals surface area contributed by atoms with E-state index in [1.807, 2.05) is 16.7 Å². The second-order valence-corrected chi connectivity index (χ2v) is 6.83. The first-order valence-electron chi connectivity index (χ1n) is 8.15. The van der Waals surface area contributed by atoms with Crippen molar-refractivity contribution in [2.24, 2.45) is 0 Å². The van der Waals surface area contributed by atoms with Gasteiger partial charge < -0.3 is 4.57 Å². The van der Waals surface area contributed by atoms with Gasteiger partial charge in [0.25, 0.3) is 0 Å². The molecule has 0 fully saturated rings. The molecule has 0 aliphatic heterocycles. The van der Waals surface area contributed by atoms with Crippen LogP contribution in [-0.4, -0.2) is 15.3 Å². The third kappa shape index (κ3) is 4.63. The minimum atomic E-state index is -0.342. The van der Waals surface area contributed by atoms with Crippen LogP contribution in [0.5, 0.6) is 0 Å². The smallest absolute Gasteiger partial charge is 0.185 e. The Morgan fingerprint density at radius 3 is 2.48 bits per heavy atom. The molecule has 2 aromatic carbocycles. The molecule has 0 saturated carbocycles. The third-order valence-corrected chi connectivity index (χ3v) is 4.70. The molecule has 0 bridgehead atoms. The van der Waals surface area contributed by atoms with Crippen molar-refractivity contribution in [3.8, 4) is 0 Å². The van der Waals surface area contributed by atoms with Gasteiger partial charge in [-0.1, -0.05) is 28.1 Å². The highest BCUT2D eigenvalue weighted by Gasteiger charge is 2.21. The van der Waals surface area contributed by atoms with Crippen molar-refractivity contribution in [1.29, 1.82) is 0 Å². The van der Waals surface area contributed by atoms with Crippen LogP contribution in [0.2, 0.25) is 0 Å². The number of aromatic nitrogens is 2. The Kier molecular flexibility index (Phi) is 5.76. The molecule has 0 aliphatic carbocycles. The number of halogens is 2. The molecule has 1 heterocycles. The second kappa shape index (κ2) is 8.21. The standard InChI is InChI=1S/C20H18BrFN2O/c21-17-8-4-15(5-9-17)2-1-3-19(24-13-12-23-14-24)20(25)16-6-10-18(22)11-7-16/h4-14,19H,1-3H2. The number of carbonyl (C=O) groups excluding carboxylic acids is 1. The minimum Gasteiger partial charge on any atom is -0.327 e. The van der Waals surface area contributed by atoms with Gasteiger partial charge in [-0.2, -0.15) is 0 Å². The molecular formula is C20H18BrFN2O. The van der Waals surface area contributed by atoms with Crippen LogP contribution in [0.4, 0.5) is 4.39 Å². The summed E-state index contributed by atoms with van der Waals surface area (Å²) in [7, 11) is 0. The number of Topliss-reactive ketones (excluding diaryl/α,β-unsaturated/α-hetero) is 1. The molecule has 1 unspecified atom stereocenters. The zero-order valence-electron chi connectivity index (χ0n) is 13.6. The summed E-state index contributed by atoms with van der Waals surface area (Å²) in [6.45, 7) is 0. The Labute approximate surface area is 154 Å². The second-order valence-electron chi connectivity index (χ2n) is 5.92. The Bertz CT molecular complexity index is 814. The van der Waals surface area contributed by atoms with Crippen LogP contribution in [0.25, 0.3) is 0 Å². The van der Waals surface area contributed by atoms with Crippen LogP contribution in [-0.2, 0) is 6.42 Å². The summed E-state index contributed by atoms with van der Waals surface area (Å²) in [5, 5.41) is 0. The van der Waals surface area contributed by atoms with Crippen LogP contribution in [0.1, 0.15) is 34.8 Å². The predicted molar refractivity (Wildman–Crippen MR) is 99.1 cm³/mol. The first-order valence-corrected chi connectivity index (χ1v) is 8.94. The number of hydrogen-bond donors (Lipinski definition) is 0. The minimum absolute atomic E-state index is 0.0196. The van der Waals surface area contributed by atoms with E-state index in [0.717, 1.165) is 17.3 Å². The van der Waals surface area contributed by atoms with E-state index in [9.17, 15) is 9.18 Å². The van der Waals surface area contributed by atoms with E-state index in [0.29, 0.717) is 12.0 Å². The van der Waals surface area contributed by atoms with Gasteiger partial charge in [0.15, 0.2) is 5.78 Å². The number of nitrogens with zero attached hydrogens (tertiary/aromatic N) is 2. The Balaban J connectivity index is 1.70. The summed E-state index contributed by atoms with van der Waals surface area (Å²) >= 11 is 3.43. The topological polar surface area (TPSA) is 34.9 Å². The number of hydrogen-bond acceptors (Lipinski definition) is 2. The third-order valence-electron chi connectivity index (χ3n) is 4.17. The van der Waals surface area contributed by atoms with Crippen molar-refractivity contribution in [2.45, 2.75) is 25.3 Å². The molecule has 0 radical (unpaired) electrons. The van der Waals surface area contributed by atoms with Gasteiger partial charge >= 0.3 is 0 Å². The van der Waals surface area contributed by atoms with Crippen molar-refractivity contribution in [2.75, 3.05) is 0 Å². The van der Waals surface area contributed by atoms with Crippen molar-refractivity contribution < 1.29 is 9.18 Å². The highest BCUT2D eigenvalue weighted by Crippen LogP contribution is 2.22. The average molecular weight is 401 g/mol. The van der Waals surface area contributed by atoms with Gasteiger partial charge in [0.1, 0.15) is 5.82 Å². The van der Waals surface area contributed by atoms with Crippen LogP contribution in [0.3, 0.4) is 0 Å². The van der Waals surface area contributed by atoms with E-state index in [1.165, 1.54) is 29.8 Å². The summed E-state index contributed by atoms with van der Waals surface area (Å²) in [5.41, 5.74) is 1.76. The van der Waals surface area contributed by atoms with Crippen LogP contribution >= 0.6 is 15.9 Å². The van der Waals surface area contributed by atoms with Crippen LogP contribution in [0, 0.1) is 5.82 Å².